The average Bonchev–Trinajstić information content (AvgIpc) is 2.71. The van der Waals surface area contributed by atoms with E-state index >= 15 is 0 Å². The van der Waals surface area contributed by atoms with Crippen LogP contribution in [0.4, 0.5) is 0 Å². The molecular formula is C14H19N3O2. The summed E-state index contributed by atoms with van der Waals surface area (Å²) in [5, 5.41) is 8.81. The Balaban J connectivity index is 2.31. The number of carboxylic acid groups (broad SMARTS) is 1. The maximum atomic E-state index is 10.7. The van der Waals surface area contributed by atoms with Crippen molar-refractivity contribution in [3.63, 3.8) is 0 Å². The van der Waals surface area contributed by atoms with Crippen molar-refractivity contribution in [3.8, 4) is 0 Å². The van der Waals surface area contributed by atoms with E-state index in [0.717, 1.165) is 30.0 Å². The zero-order valence-electron chi connectivity index (χ0n) is 11.3. The molecule has 0 aliphatic heterocycles. The van der Waals surface area contributed by atoms with Crippen molar-refractivity contribution in [2.75, 3.05) is 0 Å². The Bertz CT molecular complexity index is 575. The number of aliphatic carboxylic acids is 1. The molecular weight excluding hydrogens is 242 g/mol. The van der Waals surface area contributed by atoms with Gasteiger partial charge in [0.2, 0.25) is 0 Å². The molecule has 5 heteroatoms. The zero-order valence-corrected chi connectivity index (χ0v) is 11.3. The lowest BCUT2D eigenvalue weighted by atomic mass is 10.1. The summed E-state index contributed by atoms with van der Waals surface area (Å²) in [4.78, 5) is 19.6. The third-order valence-corrected chi connectivity index (χ3v) is 3.08. The Hall–Kier alpha value is -1.91. The normalized spacial score (nSPS) is 11.3. The highest BCUT2D eigenvalue weighted by Gasteiger charge is 2.12. The first-order chi connectivity index (χ1) is 9.08. The average molecular weight is 261 g/mol. The summed E-state index contributed by atoms with van der Waals surface area (Å²) in [6, 6.07) is 3.77. The van der Waals surface area contributed by atoms with Gasteiger partial charge in [0.15, 0.2) is 5.65 Å². The number of fused-ring (bicyclic) bond motifs is 1. The maximum Gasteiger partial charge on any atom is 0.303 e. The summed E-state index contributed by atoms with van der Waals surface area (Å²) in [5.41, 5.74) is 1.69. The molecule has 0 atom stereocenters. The van der Waals surface area contributed by atoms with Crippen LogP contribution in [-0.2, 0) is 17.8 Å². The Labute approximate surface area is 112 Å². The molecule has 0 aliphatic rings. The minimum absolute atomic E-state index is 0.102. The molecule has 2 heterocycles. The second-order valence-electron chi connectivity index (χ2n) is 5.10. The Morgan fingerprint density at radius 2 is 2.26 bits per heavy atom. The van der Waals surface area contributed by atoms with Gasteiger partial charge in [-0.05, 0) is 24.5 Å². The van der Waals surface area contributed by atoms with E-state index in [1.54, 1.807) is 6.20 Å². The zero-order chi connectivity index (χ0) is 13.8. The number of carboxylic acids is 1. The molecule has 0 radical (unpaired) electrons. The summed E-state index contributed by atoms with van der Waals surface area (Å²) in [6.45, 7) is 5.17. The number of aryl methyl sites for hydroxylation is 2. The number of aromatic nitrogens is 3. The van der Waals surface area contributed by atoms with Crippen molar-refractivity contribution < 1.29 is 9.90 Å². The number of hydrogen-bond donors (Lipinski definition) is 1. The smallest absolute Gasteiger partial charge is 0.303 e. The molecule has 2 aromatic rings. The van der Waals surface area contributed by atoms with E-state index in [-0.39, 0.29) is 6.42 Å². The van der Waals surface area contributed by atoms with Crippen LogP contribution in [0.15, 0.2) is 18.3 Å². The van der Waals surface area contributed by atoms with Crippen LogP contribution < -0.4 is 0 Å². The molecule has 2 rings (SSSR count). The fourth-order valence-corrected chi connectivity index (χ4v) is 2.04. The van der Waals surface area contributed by atoms with Gasteiger partial charge in [-0.2, -0.15) is 0 Å². The van der Waals surface area contributed by atoms with E-state index in [9.17, 15) is 4.79 Å². The molecule has 0 spiro atoms. The molecule has 1 N–H and O–H groups in total. The molecule has 0 bridgehead atoms. The molecule has 2 aromatic heterocycles. The number of pyridine rings is 1. The predicted molar refractivity (Wildman–Crippen MR) is 72.9 cm³/mol. The lowest BCUT2D eigenvalue weighted by Gasteiger charge is -2.09. The second-order valence-corrected chi connectivity index (χ2v) is 5.10. The van der Waals surface area contributed by atoms with Crippen molar-refractivity contribution >= 4 is 17.1 Å². The number of carbonyl (C=O) groups is 1. The summed E-state index contributed by atoms with van der Waals surface area (Å²) >= 11 is 0. The van der Waals surface area contributed by atoms with E-state index in [0.29, 0.717) is 12.3 Å². The molecule has 19 heavy (non-hydrogen) atoms. The third-order valence-electron chi connectivity index (χ3n) is 3.08. The highest BCUT2D eigenvalue weighted by molar-refractivity contribution is 5.71. The topological polar surface area (TPSA) is 68.0 Å². The van der Waals surface area contributed by atoms with Crippen molar-refractivity contribution in [1.82, 2.24) is 14.5 Å². The van der Waals surface area contributed by atoms with Crippen LogP contribution in [0.2, 0.25) is 0 Å². The van der Waals surface area contributed by atoms with Gasteiger partial charge in [0.05, 0.1) is 6.42 Å². The van der Waals surface area contributed by atoms with Gasteiger partial charge in [-0.1, -0.05) is 13.8 Å². The van der Waals surface area contributed by atoms with Gasteiger partial charge in [0, 0.05) is 19.2 Å². The molecule has 0 aromatic carbocycles. The molecule has 0 saturated heterocycles. The summed E-state index contributed by atoms with van der Waals surface area (Å²) in [5.74, 6) is 0.612. The highest BCUT2D eigenvalue weighted by Crippen LogP contribution is 2.16. The van der Waals surface area contributed by atoms with Gasteiger partial charge < -0.3 is 9.67 Å². The predicted octanol–water partition coefficient (Wildman–Crippen LogP) is 2.49. The molecule has 102 valence electrons. The third kappa shape index (κ3) is 3.30. The van der Waals surface area contributed by atoms with Crippen LogP contribution >= 0.6 is 0 Å². The number of rotatable bonds is 6. The molecule has 0 unspecified atom stereocenters. The van der Waals surface area contributed by atoms with Crippen LogP contribution in [-0.4, -0.2) is 25.6 Å². The molecule has 0 amide bonds. The first-order valence-corrected chi connectivity index (χ1v) is 6.60. The van der Waals surface area contributed by atoms with Gasteiger partial charge in [-0.15, -0.1) is 0 Å². The number of hydrogen-bond acceptors (Lipinski definition) is 3. The summed E-state index contributed by atoms with van der Waals surface area (Å²) in [7, 11) is 0. The Morgan fingerprint density at radius 3 is 2.95 bits per heavy atom. The summed E-state index contributed by atoms with van der Waals surface area (Å²) in [6.07, 6.45) is 3.33. The van der Waals surface area contributed by atoms with Crippen LogP contribution in [0.25, 0.3) is 11.2 Å². The first kappa shape index (κ1) is 13.5. The van der Waals surface area contributed by atoms with Crippen LogP contribution in [0.5, 0.6) is 0 Å². The van der Waals surface area contributed by atoms with Gasteiger partial charge >= 0.3 is 5.97 Å². The number of imidazole rings is 1. The van der Waals surface area contributed by atoms with Crippen LogP contribution in [0, 0.1) is 5.92 Å². The SMILES string of the molecule is CC(C)CCn1c(CCC(=O)O)nc2cccnc21. The van der Waals surface area contributed by atoms with Crippen molar-refractivity contribution in [3.05, 3.63) is 24.2 Å². The molecule has 0 saturated carbocycles. The van der Waals surface area contributed by atoms with Crippen LogP contribution in [0.1, 0.15) is 32.5 Å². The Morgan fingerprint density at radius 1 is 1.47 bits per heavy atom. The fraction of sp³-hybridized carbons (Fsp3) is 0.500. The quantitative estimate of drug-likeness (QED) is 0.867. The lowest BCUT2D eigenvalue weighted by molar-refractivity contribution is -0.137. The highest BCUT2D eigenvalue weighted by atomic mass is 16.4. The van der Waals surface area contributed by atoms with Crippen molar-refractivity contribution in [2.45, 2.75) is 39.7 Å². The van der Waals surface area contributed by atoms with Gasteiger partial charge in [0.25, 0.3) is 0 Å². The molecule has 0 fully saturated rings. The van der Waals surface area contributed by atoms with E-state index < -0.39 is 5.97 Å². The van der Waals surface area contributed by atoms with Crippen molar-refractivity contribution in [2.24, 2.45) is 5.92 Å². The van der Waals surface area contributed by atoms with Crippen molar-refractivity contribution in [1.29, 1.82) is 0 Å². The van der Waals surface area contributed by atoms with Gasteiger partial charge in [-0.3, -0.25) is 4.79 Å². The van der Waals surface area contributed by atoms with E-state index in [4.69, 9.17) is 5.11 Å². The minimum Gasteiger partial charge on any atom is -0.481 e. The molecule has 0 aliphatic carbocycles. The first-order valence-electron chi connectivity index (χ1n) is 6.60. The second kappa shape index (κ2) is 5.82. The minimum atomic E-state index is -0.796. The standard InChI is InChI=1S/C14H19N3O2/c1-10(2)7-9-17-12(5-6-13(18)19)16-11-4-3-8-15-14(11)17/h3-4,8,10H,5-7,9H2,1-2H3,(H,18,19). The van der Waals surface area contributed by atoms with E-state index in [1.807, 2.05) is 12.1 Å². The van der Waals surface area contributed by atoms with E-state index in [2.05, 4.69) is 28.4 Å². The van der Waals surface area contributed by atoms with E-state index in [1.165, 1.54) is 0 Å². The fourth-order valence-electron chi connectivity index (χ4n) is 2.04. The van der Waals surface area contributed by atoms with Gasteiger partial charge in [0.1, 0.15) is 11.3 Å². The summed E-state index contributed by atoms with van der Waals surface area (Å²) < 4.78 is 2.05. The largest absolute Gasteiger partial charge is 0.481 e. The lowest BCUT2D eigenvalue weighted by Crippen LogP contribution is -2.09. The monoisotopic (exact) mass is 261 g/mol. The van der Waals surface area contributed by atoms with Gasteiger partial charge in [-0.25, -0.2) is 9.97 Å². The van der Waals surface area contributed by atoms with Crippen LogP contribution in [0.3, 0.4) is 0 Å². The molecule has 5 nitrogen and oxygen atoms in total. The number of nitrogens with zero attached hydrogens (tertiary/aromatic N) is 3. The maximum absolute atomic E-state index is 10.7. The Kier molecular flexibility index (Phi) is 4.14.